The molecule has 0 amide bonds. The zero-order valence-corrected chi connectivity index (χ0v) is 24.9. The zero-order valence-electron chi connectivity index (χ0n) is 24.1. The van der Waals surface area contributed by atoms with Crippen LogP contribution in [-0.4, -0.2) is 51.4 Å². The molecule has 0 radical (unpaired) electrons. The molecule has 2 aromatic rings. The number of rotatable bonds is 10. The van der Waals surface area contributed by atoms with Gasteiger partial charge in [0.25, 0.3) is 0 Å². The van der Waals surface area contributed by atoms with Gasteiger partial charge in [0, 0.05) is 30.3 Å². The van der Waals surface area contributed by atoms with Gasteiger partial charge in [-0.3, -0.25) is 5.01 Å². The molecular formula is C30H27F7N4O4S. The number of hydrogen-bond acceptors (Lipinski definition) is 7. The van der Waals surface area contributed by atoms with Crippen LogP contribution in [-0.2, 0) is 10.0 Å². The van der Waals surface area contributed by atoms with E-state index in [0.29, 0.717) is 24.6 Å². The first kappa shape index (κ1) is 33.1. The predicted molar refractivity (Wildman–Crippen MR) is 151 cm³/mol. The largest absolute Gasteiger partial charge is 0.484 e. The molecule has 5 rings (SSSR count). The summed E-state index contributed by atoms with van der Waals surface area (Å²) in [4.78, 5) is -0.865. The first-order chi connectivity index (χ1) is 21.6. The summed E-state index contributed by atoms with van der Waals surface area (Å²) >= 11 is 0. The molecule has 0 saturated carbocycles. The molecule has 1 N–H and O–H groups in total. The smallest absolute Gasteiger partial charge is 0.422 e. The Morgan fingerprint density at radius 2 is 1.72 bits per heavy atom. The lowest BCUT2D eigenvalue weighted by Crippen LogP contribution is -2.37. The second-order valence-corrected chi connectivity index (χ2v) is 12.8. The van der Waals surface area contributed by atoms with Crippen molar-refractivity contribution in [3.63, 3.8) is 0 Å². The number of hydrazine groups is 1. The third kappa shape index (κ3) is 7.10. The molecule has 0 spiro atoms. The lowest BCUT2D eigenvalue weighted by molar-refractivity contribution is -0.154. The Labute approximate surface area is 260 Å². The minimum Gasteiger partial charge on any atom is -0.484 e. The topological polar surface area (TPSA) is 94.9 Å². The molecule has 0 fully saturated rings. The molecule has 0 bridgehead atoms. The minimum atomic E-state index is -4.84. The Kier molecular flexibility index (Phi) is 9.02. The van der Waals surface area contributed by atoms with Gasteiger partial charge in [0.2, 0.25) is 10.0 Å². The lowest BCUT2D eigenvalue weighted by Gasteiger charge is -2.31. The van der Waals surface area contributed by atoms with E-state index in [1.807, 2.05) is 13.0 Å². The number of hydrogen-bond donors (Lipinski definition) is 1. The van der Waals surface area contributed by atoms with Crippen molar-refractivity contribution in [3.05, 3.63) is 83.0 Å². The summed E-state index contributed by atoms with van der Waals surface area (Å²) in [5.41, 5.74) is 7.45. The average Bonchev–Trinajstić information content (AvgIpc) is 3.59. The number of fused-ring (bicyclic) bond motifs is 1. The maximum Gasteiger partial charge on any atom is 0.422 e. The van der Waals surface area contributed by atoms with Gasteiger partial charge in [0.05, 0.1) is 17.5 Å². The number of halogens is 7. The first-order valence-electron chi connectivity index (χ1n) is 13.9. The number of anilines is 1. The molecule has 0 unspecified atom stereocenters. The van der Waals surface area contributed by atoms with Gasteiger partial charge in [-0.05, 0) is 66.8 Å². The summed E-state index contributed by atoms with van der Waals surface area (Å²) in [5, 5.41) is 11.3. The second-order valence-electron chi connectivity index (χ2n) is 10.9. The Morgan fingerprint density at radius 3 is 2.37 bits per heavy atom. The molecule has 0 saturated heterocycles. The zero-order chi connectivity index (χ0) is 33.4. The third-order valence-electron chi connectivity index (χ3n) is 7.79. The fraction of sp³-hybridized carbons (Fsp3) is 0.367. The van der Waals surface area contributed by atoms with Gasteiger partial charge in [0.1, 0.15) is 28.8 Å². The van der Waals surface area contributed by atoms with E-state index in [1.54, 1.807) is 29.4 Å². The number of benzene rings is 2. The number of nitriles is 1. The van der Waals surface area contributed by atoms with Gasteiger partial charge in [-0.15, -0.1) is 0 Å². The van der Waals surface area contributed by atoms with Crippen LogP contribution in [0.3, 0.4) is 0 Å². The van der Waals surface area contributed by atoms with Crippen LogP contribution in [0.4, 0.5) is 36.4 Å². The fourth-order valence-electron chi connectivity index (χ4n) is 5.84. The summed E-state index contributed by atoms with van der Waals surface area (Å²) in [5.74, 6) is -2.30. The van der Waals surface area contributed by atoms with Crippen LogP contribution < -0.4 is 19.9 Å². The van der Waals surface area contributed by atoms with Gasteiger partial charge in [-0.1, -0.05) is 12.5 Å². The highest BCUT2D eigenvalue weighted by atomic mass is 32.2. The molecule has 16 heteroatoms. The van der Waals surface area contributed by atoms with E-state index < -0.39 is 64.4 Å². The number of ether oxygens (including phenoxy) is 2. The summed E-state index contributed by atoms with van der Waals surface area (Å²) in [6.07, 6.45) is -4.79. The van der Waals surface area contributed by atoms with Gasteiger partial charge >= 0.3 is 12.4 Å². The van der Waals surface area contributed by atoms with Crippen molar-refractivity contribution >= 4 is 15.7 Å². The molecular weight excluding hydrogens is 645 g/mol. The minimum absolute atomic E-state index is 0.197. The van der Waals surface area contributed by atoms with Crippen LogP contribution in [0.15, 0.2) is 82.1 Å². The molecule has 3 aliphatic rings. The van der Waals surface area contributed by atoms with Crippen molar-refractivity contribution < 1.29 is 48.6 Å². The Balaban J connectivity index is 1.45. The van der Waals surface area contributed by atoms with Gasteiger partial charge in [0.15, 0.2) is 13.2 Å². The van der Waals surface area contributed by atoms with Gasteiger partial charge in [-0.2, -0.15) is 35.9 Å². The van der Waals surface area contributed by atoms with Crippen LogP contribution in [0, 0.1) is 29.0 Å². The Morgan fingerprint density at radius 1 is 1.04 bits per heavy atom. The van der Waals surface area contributed by atoms with Crippen LogP contribution >= 0.6 is 0 Å². The number of allylic oxidation sites excluding steroid dienone is 3. The van der Waals surface area contributed by atoms with Crippen LogP contribution in [0.25, 0.3) is 0 Å². The SMILES string of the molecule is C[C@H]1C2=CNN(c3ccc(F)cc3)C2=CC2=C1[C@@H](CN(CC#N)S(=O)(=O)c1cc(OCC(F)(F)F)ccc1OCC(F)(F)F)CC2. The van der Waals surface area contributed by atoms with E-state index in [2.05, 4.69) is 10.2 Å². The normalized spacial score (nSPS) is 19.7. The molecule has 1 aliphatic heterocycles. The number of sulfonamides is 1. The van der Waals surface area contributed by atoms with Gasteiger partial charge < -0.3 is 14.9 Å². The monoisotopic (exact) mass is 672 g/mol. The van der Waals surface area contributed by atoms with Crippen molar-refractivity contribution in [2.75, 3.05) is 31.3 Å². The number of nitrogens with one attached hydrogen (secondary N) is 1. The highest BCUT2D eigenvalue weighted by Gasteiger charge is 2.41. The van der Waals surface area contributed by atoms with Crippen molar-refractivity contribution in [2.24, 2.45) is 11.8 Å². The van der Waals surface area contributed by atoms with E-state index in [4.69, 9.17) is 4.74 Å². The molecule has 2 atom stereocenters. The van der Waals surface area contributed by atoms with E-state index in [-0.39, 0.29) is 18.3 Å². The summed E-state index contributed by atoms with van der Waals surface area (Å²) in [6.45, 7) is -2.61. The molecule has 8 nitrogen and oxygen atoms in total. The van der Waals surface area contributed by atoms with Crippen LogP contribution in [0.2, 0.25) is 0 Å². The Bertz CT molecular complexity index is 1730. The molecule has 2 aromatic carbocycles. The predicted octanol–water partition coefficient (Wildman–Crippen LogP) is 6.37. The molecule has 2 aliphatic carbocycles. The second kappa shape index (κ2) is 12.5. The summed E-state index contributed by atoms with van der Waals surface area (Å²) < 4.78 is 129. The van der Waals surface area contributed by atoms with Crippen molar-refractivity contribution in [1.29, 1.82) is 5.26 Å². The van der Waals surface area contributed by atoms with E-state index in [1.165, 1.54) is 12.1 Å². The van der Waals surface area contributed by atoms with Crippen molar-refractivity contribution in [2.45, 2.75) is 37.0 Å². The van der Waals surface area contributed by atoms with Crippen LogP contribution in [0.5, 0.6) is 11.5 Å². The number of nitrogens with zero attached hydrogens (tertiary/aromatic N) is 3. The van der Waals surface area contributed by atoms with Gasteiger partial charge in [-0.25, -0.2) is 12.8 Å². The highest BCUT2D eigenvalue weighted by molar-refractivity contribution is 7.89. The summed E-state index contributed by atoms with van der Waals surface area (Å²) in [6, 6.07) is 9.98. The van der Waals surface area contributed by atoms with Crippen molar-refractivity contribution in [3.8, 4) is 17.6 Å². The van der Waals surface area contributed by atoms with Crippen molar-refractivity contribution in [1.82, 2.24) is 9.73 Å². The van der Waals surface area contributed by atoms with E-state index >= 15 is 0 Å². The van der Waals surface area contributed by atoms with E-state index in [9.17, 15) is 44.4 Å². The average molecular weight is 673 g/mol. The quantitative estimate of drug-likeness (QED) is 0.232. The number of alkyl halides is 6. The molecule has 0 aromatic heterocycles. The first-order valence-corrected chi connectivity index (χ1v) is 15.4. The maximum atomic E-state index is 13.9. The Hall–Kier alpha value is -4.23. The van der Waals surface area contributed by atoms with E-state index in [0.717, 1.165) is 38.9 Å². The molecule has 1 heterocycles. The summed E-state index contributed by atoms with van der Waals surface area (Å²) in [7, 11) is -4.79. The molecule has 46 heavy (non-hydrogen) atoms. The maximum absolute atomic E-state index is 13.9. The lowest BCUT2D eigenvalue weighted by atomic mass is 9.80. The van der Waals surface area contributed by atoms with Crippen LogP contribution in [0.1, 0.15) is 19.8 Å². The highest BCUT2D eigenvalue weighted by Crippen LogP contribution is 2.48. The standard InChI is InChI=1S/C30H27F7N4O4S/c1-18-24-14-39-41(22-6-4-21(31)5-7-22)25(24)12-19-2-3-20(28(18)19)15-40(11-10-38)46(42,43)27-13-23(44-16-29(32,33)34)8-9-26(27)45-17-30(35,36)37/h4-9,12-14,18,20,39H,2-3,11,15-17H2,1H3/t18-,20+/m0/s1. The third-order valence-corrected chi connectivity index (χ3v) is 9.62. The fourth-order valence-corrected chi connectivity index (χ4v) is 7.37. The molecule has 246 valence electrons.